The highest BCUT2D eigenvalue weighted by Gasteiger charge is 2.24. The summed E-state index contributed by atoms with van der Waals surface area (Å²) in [5.41, 5.74) is 5.23. The molecule has 0 aliphatic heterocycles. The molecule has 4 nitrogen and oxygen atoms in total. The van der Waals surface area contributed by atoms with Crippen LogP contribution in [0.4, 0.5) is 0 Å². The van der Waals surface area contributed by atoms with Crippen molar-refractivity contribution >= 4 is 5.91 Å². The second-order valence-electron chi connectivity index (χ2n) is 7.33. The largest absolute Gasteiger partial charge is 0.391 e. The number of unbranched alkanes of at least 4 members (excludes halogenated alkanes) is 9. The number of nitrogens with two attached hydrogens (primary N) is 1. The zero-order valence-electron chi connectivity index (χ0n) is 16.5. The van der Waals surface area contributed by atoms with Gasteiger partial charge in [0.25, 0.3) is 0 Å². The fourth-order valence-corrected chi connectivity index (χ4v) is 3.17. The van der Waals surface area contributed by atoms with Crippen LogP contribution in [0.15, 0.2) is 12.2 Å². The van der Waals surface area contributed by atoms with Crippen LogP contribution in [0.2, 0.25) is 0 Å². The lowest BCUT2D eigenvalue weighted by molar-refractivity contribution is -0.120. The molecule has 0 radical (unpaired) electrons. The fourth-order valence-electron chi connectivity index (χ4n) is 3.17. The first-order valence-electron chi connectivity index (χ1n) is 10.3. The molecule has 0 saturated heterocycles. The maximum Gasteiger partial charge on any atom is 0.217 e. The number of aliphatic hydroxyl groups is 2. The Morgan fingerprint density at radius 1 is 0.920 bits per heavy atom. The highest BCUT2D eigenvalue weighted by molar-refractivity contribution is 5.74. The zero-order chi connectivity index (χ0) is 18.9. The van der Waals surface area contributed by atoms with Crippen molar-refractivity contribution in [2.75, 3.05) is 0 Å². The van der Waals surface area contributed by atoms with Crippen LogP contribution in [0.1, 0.15) is 97.3 Å². The van der Waals surface area contributed by atoms with Gasteiger partial charge in [-0.3, -0.25) is 4.79 Å². The Kier molecular flexibility index (Phi) is 16.0. The van der Waals surface area contributed by atoms with Crippen molar-refractivity contribution in [3.05, 3.63) is 12.2 Å². The van der Waals surface area contributed by atoms with Crippen LogP contribution in [-0.4, -0.2) is 28.3 Å². The maximum atomic E-state index is 11.1. The van der Waals surface area contributed by atoms with Gasteiger partial charge in [-0.25, -0.2) is 0 Å². The molecule has 0 aliphatic carbocycles. The lowest BCUT2D eigenvalue weighted by Crippen LogP contribution is -2.34. The van der Waals surface area contributed by atoms with Crippen LogP contribution in [0.3, 0.4) is 0 Å². The van der Waals surface area contributed by atoms with Gasteiger partial charge in [0.1, 0.15) is 0 Å². The summed E-state index contributed by atoms with van der Waals surface area (Å²) < 4.78 is 0. The van der Waals surface area contributed by atoms with E-state index in [2.05, 4.69) is 19.1 Å². The van der Waals surface area contributed by atoms with Gasteiger partial charge in [0.15, 0.2) is 0 Å². The van der Waals surface area contributed by atoms with E-state index in [4.69, 9.17) is 5.73 Å². The van der Waals surface area contributed by atoms with Crippen molar-refractivity contribution < 1.29 is 15.0 Å². The molecule has 1 amide bonds. The van der Waals surface area contributed by atoms with Crippen LogP contribution in [0, 0.1) is 5.92 Å². The molecule has 0 bridgehead atoms. The standard InChI is InChI=1S/C21H41NO3/c1-3-4-5-6-7-8-9-10-11-12-13-14-15-16-19(17-20(22)24)21(25)18(2)23/h10-11,18-19,21,23,25H,3-9,12-17H2,1-2H3,(H2,22,24). The molecule has 148 valence electrons. The Morgan fingerprint density at radius 3 is 1.96 bits per heavy atom. The summed E-state index contributed by atoms with van der Waals surface area (Å²) in [6.07, 6.45) is 17.2. The Balaban J connectivity index is 3.65. The molecule has 0 fully saturated rings. The highest BCUT2D eigenvalue weighted by Crippen LogP contribution is 2.20. The van der Waals surface area contributed by atoms with Crippen LogP contribution in [-0.2, 0) is 4.79 Å². The van der Waals surface area contributed by atoms with E-state index < -0.39 is 18.1 Å². The van der Waals surface area contributed by atoms with Crippen molar-refractivity contribution in [2.45, 2.75) is 110 Å². The van der Waals surface area contributed by atoms with Gasteiger partial charge >= 0.3 is 0 Å². The topological polar surface area (TPSA) is 83.6 Å². The van der Waals surface area contributed by atoms with Crippen molar-refractivity contribution in [3.63, 3.8) is 0 Å². The number of primary amides is 1. The number of aliphatic hydroxyl groups excluding tert-OH is 2. The third-order valence-electron chi connectivity index (χ3n) is 4.78. The minimum absolute atomic E-state index is 0.143. The third kappa shape index (κ3) is 15.1. The van der Waals surface area contributed by atoms with Crippen LogP contribution in [0.5, 0.6) is 0 Å². The van der Waals surface area contributed by atoms with Gasteiger partial charge in [-0.1, -0.05) is 64.0 Å². The summed E-state index contributed by atoms with van der Waals surface area (Å²) in [5, 5.41) is 19.5. The number of hydrogen-bond acceptors (Lipinski definition) is 3. The molecule has 0 aromatic heterocycles. The molecule has 0 aromatic carbocycles. The predicted molar refractivity (Wildman–Crippen MR) is 105 cm³/mol. The summed E-state index contributed by atoms with van der Waals surface area (Å²) in [7, 11) is 0. The van der Waals surface area contributed by atoms with Gasteiger partial charge in [-0.2, -0.15) is 0 Å². The quantitative estimate of drug-likeness (QED) is 0.266. The van der Waals surface area contributed by atoms with Gasteiger partial charge in [-0.15, -0.1) is 0 Å². The van der Waals surface area contributed by atoms with E-state index in [9.17, 15) is 15.0 Å². The Hall–Kier alpha value is -0.870. The molecule has 0 aromatic rings. The van der Waals surface area contributed by atoms with Crippen LogP contribution >= 0.6 is 0 Å². The molecular weight excluding hydrogens is 314 g/mol. The minimum atomic E-state index is -0.871. The minimum Gasteiger partial charge on any atom is -0.391 e. The third-order valence-corrected chi connectivity index (χ3v) is 4.78. The van der Waals surface area contributed by atoms with Gasteiger partial charge in [0, 0.05) is 6.42 Å². The first kappa shape index (κ1) is 24.1. The molecule has 0 saturated carbocycles. The smallest absolute Gasteiger partial charge is 0.217 e. The van der Waals surface area contributed by atoms with E-state index in [1.807, 2.05) is 0 Å². The Bertz CT molecular complexity index is 342. The second-order valence-corrected chi connectivity index (χ2v) is 7.33. The maximum absolute atomic E-state index is 11.1. The average Bonchev–Trinajstić information content (AvgIpc) is 2.56. The van der Waals surface area contributed by atoms with Gasteiger partial charge < -0.3 is 15.9 Å². The average molecular weight is 356 g/mol. The Morgan fingerprint density at radius 2 is 1.44 bits per heavy atom. The van der Waals surface area contributed by atoms with Crippen molar-refractivity contribution in [1.29, 1.82) is 0 Å². The predicted octanol–water partition coefficient (Wildman–Crippen LogP) is 4.48. The number of carbonyl (C=O) groups excluding carboxylic acids is 1. The molecule has 3 atom stereocenters. The highest BCUT2D eigenvalue weighted by atomic mass is 16.3. The normalized spacial score (nSPS) is 15.4. The zero-order valence-corrected chi connectivity index (χ0v) is 16.5. The summed E-state index contributed by atoms with van der Waals surface area (Å²) in [6, 6.07) is 0. The first-order chi connectivity index (χ1) is 12.0. The number of allylic oxidation sites excluding steroid dienone is 2. The van der Waals surface area contributed by atoms with E-state index >= 15 is 0 Å². The van der Waals surface area contributed by atoms with Crippen LogP contribution < -0.4 is 5.73 Å². The fraction of sp³-hybridized carbons (Fsp3) is 0.857. The van der Waals surface area contributed by atoms with E-state index in [1.165, 1.54) is 44.9 Å². The number of carbonyl (C=O) groups is 1. The summed E-state index contributed by atoms with van der Waals surface area (Å²) in [6.45, 7) is 3.79. The van der Waals surface area contributed by atoms with Gasteiger partial charge in [0.2, 0.25) is 5.91 Å². The number of rotatable bonds is 17. The molecule has 4 N–H and O–H groups in total. The Labute approximate surface area is 154 Å². The summed E-state index contributed by atoms with van der Waals surface area (Å²) >= 11 is 0. The molecular formula is C21H41NO3. The molecule has 25 heavy (non-hydrogen) atoms. The van der Waals surface area contributed by atoms with E-state index in [1.54, 1.807) is 6.92 Å². The van der Waals surface area contributed by atoms with Crippen molar-refractivity contribution in [3.8, 4) is 0 Å². The number of hydrogen-bond donors (Lipinski definition) is 3. The first-order valence-corrected chi connectivity index (χ1v) is 10.3. The lowest BCUT2D eigenvalue weighted by atomic mass is 9.89. The summed E-state index contributed by atoms with van der Waals surface area (Å²) in [4.78, 5) is 11.1. The van der Waals surface area contributed by atoms with E-state index in [0.29, 0.717) is 0 Å². The monoisotopic (exact) mass is 355 g/mol. The van der Waals surface area contributed by atoms with Crippen LogP contribution in [0.25, 0.3) is 0 Å². The van der Waals surface area contributed by atoms with Crippen molar-refractivity contribution in [2.24, 2.45) is 11.7 Å². The molecule has 4 heteroatoms. The second kappa shape index (κ2) is 16.6. The molecule has 3 unspecified atom stereocenters. The molecule has 0 rings (SSSR count). The summed E-state index contributed by atoms with van der Waals surface area (Å²) in [5.74, 6) is -0.650. The van der Waals surface area contributed by atoms with E-state index in [-0.39, 0.29) is 12.3 Å². The van der Waals surface area contributed by atoms with Crippen molar-refractivity contribution in [1.82, 2.24) is 0 Å². The molecule has 0 heterocycles. The van der Waals surface area contributed by atoms with Gasteiger partial charge in [-0.05, 0) is 44.9 Å². The molecule has 0 spiro atoms. The van der Waals surface area contributed by atoms with Gasteiger partial charge in [0.05, 0.1) is 12.2 Å². The SMILES string of the molecule is CCCCCCCCC=CCCCCCC(CC(N)=O)C(O)C(C)O. The number of amides is 1. The van der Waals surface area contributed by atoms with E-state index in [0.717, 1.165) is 32.1 Å². The lowest BCUT2D eigenvalue weighted by Gasteiger charge is -2.23. The molecule has 0 aliphatic rings.